The maximum atomic E-state index is 11.7. The van der Waals surface area contributed by atoms with E-state index in [9.17, 15) is 4.79 Å². The molecule has 0 aliphatic rings. The molecule has 0 atom stereocenters. The molecule has 1 aromatic heterocycles. The minimum atomic E-state index is -0.0479. The molecule has 3 N–H and O–H groups in total. The summed E-state index contributed by atoms with van der Waals surface area (Å²) in [5.41, 5.74) is 6.45. The minimum absolute atomic E-state index is 0. The molecule has 0 fully saturated rings. The Morgan fingerprint density at radius 2 is 2.00 bits per heavy atom. The molecule has 1 heterocycles. The number of halogens is 2. The van der Waals surface area contributed by atoms with Crippen LogP contribution in [0.2, 0.25) is 5.02 Å². The molecule has 0 aliphatic heterocycles. The summed E-state index contributed by atoms with van der Waals surface area (Å²) in [5, 5.41) is 7.75. The van der Waals surface area contributed by atoms with Gasteiger partial charge in [-0.2, -0.15) is 5.10 Å². The smallest absolute Gasteiger partial charge is 0.225 e. The van der Waals surface area contributed by atoms with Gasteiger partial charge in [-0.1, -0.05) is 23.7 Å². The second-order valence-corrected chi connectivity index (χ2v) is 4.88. The van der Waals surface area contributed by atoms with E-state index < -0.39 is 0 Å². The van der Waals surface area contributed by atoms with Crippen molar-refractivity contribution in [3.8, 4) is 0 Å². The largest absolute Gasteiger partial charge is 0.330 e. The van der Waals surface area contributed by atoms with Gasteiger partial charge in [0.25, 0.3) is 0 Å². The average Bonchev–Trinajstić information content (AvgIpc) is 2.86. The van der Waals surface area contributed by atoms with Crippen molar-refractivity contribution >= 4 is 35.7 Å². The number of carbonyl (C=O) groups is 1. The number of nitrogens with two attached hydrogens (primary N) is 1. The van der Waals surface area contributed by atoms with Gasteiger partial charge in [0.1, 0.15) is 5.82 Å². The first-order valence-corrected chi connectivity index (χ1v) is 6.83. The maximum Gasteiger partial charge on any atom is 0.225 e. The van der Waals surface area contributed by atoms with Crippen LogP contribution in [0.5, 0.6) is 0 Å². The summed E-state index contributed by atoms with van der Waals surface area (Å²) < 4.78 is 1.74. The number of hydrogen-bond acceptors (Lipinski definition) is 3. The van der Waals surface area contributed by atoms with Crippen molar-refractivity contribution in [2.45, 2.75) is 19.4 Å². The number of anilines is 1. The summed E-state index contributed by atoms with van der Waals surface area (Å²) in [6.07, 6.45) is 2.76. The van der Waals surface area contributed by atoms with Crippen molar-refractivity contribution in [2.24, 2.45) is 5.73 Å². The zero-order chi connectivity index (χ0) is 14.4. The average molecular weight is 329 g/mol. The van der Waals surface area contributed by atoms with Crippen LogP contribution in [0.4, 0.5) is 5.82 Å². The summed E-state index contributed by atoms with van der Waals surface area (Å²) in [7, 11) is 0. The molecular weight excluding hydrogens is 311 g/mol. The number of rotatable bonds is 6. The molecule has 0 unspecified atom stereocenters. The van der Waals surface area contributed by atoms with Crippen LogP contribution in [0.15, 0.2) is 36.5 Å². The third-order valence-corrected chi connectivity index (χ3v) is 3.09. The highest BCUT2D eigenvalue weighted by Crippen LogP contribution is 2.13. The zero-order valence-corrected chi connectivity index (χ0v) is 13.0. The summed E-state index contributed by atoms with van der Waals surface area (Å²) >= 11 is 5.85. The van der Waals surface area contributed by atoms with Crippen molar-refractivity contribution in [3.63, 3.8) is 0 Å². The van der Waals surface area contributed by atoms with Crippen molar-refractivity contribution in [1.82, 2.24) is 9.78 Å². The van der Waals surface area contributed by atoms with Crippen LogP contribution in [-0.4, -0.2) is 22.2 Å². The lowest BCUT2D eigenvalue weighted by Gasteiger charge is -2.09. The molecule has 1 aromatic carbocycles. The molecule has 2 rings (SSSR count). The summed E-state index contributed by atoms with van der Waals surface area (Å²) in [4.78, 5) is 11.7. The fourth-order valence-corrected chi connectivity index (χ4v) is 1.92. The zero-order valence-electron chi connectivity index (χ0n) is 11.5. The standard InChI is InChI=1S/C14H17ClN4O.ClH/c15-12-5-3-11(4-6-12)10-19-13(7-9-17-19)18-14(20)2-1-8-16;/h3-7,9H,1-2,8,10,16H2,(H,18,20);1H. The first-order chi connectivity index (χ1) is 9.69. The van der Waals surface area contributed by atoms with E-state index in [0.717, 1.165) is 5.56 Å². The van der Waals surface area contributed by atoms with Crippen LogP contribution in [0.25, 0.3) is 0 Å². The Bertz CT molecular complexity index is 569. The number of nitrogens with zero attached hydrogens (tertiary/aromatic N) is 2. The van der Waals surface area contributed by atoms with E-state index in [0.29, 0.717) is 36.8 Å². The van der Waals surface area contributed by atoms with E-state index in [2.05, 4.69) is 10.4 Å². The monoisotopic (exact) mass is 328 g/mol. The molecule has 7 heteroatoms. The highest BCUT2D eigenvalue weighted by Gasteiger charge is 2.07. The Hall–Kier alpha value is -1.56. The highest BCUT2D eigenvalue weighted by atomic mass is 35.5. The SMILES string of the molecule is Cl.NCCCC(=O)Nc1ccnn1Cc1ccc(Cl)cc1. The first-order valence-electron chi connectivity index (χ1n) is 6.45. The van der Waals surface area contributed by atoms with Gasteiger partial charge in [-0.15, -0.1) is 12.4 Å². The third-order valence-electron chi connectivity index (χ3n) is 2.84. The number of carbonyl (C=O) groups excluding carboxylic acids is 1. The number of benzene rings is 1. The van der Waals surface area contributed by atoms with Crippen LogP contribution < -0.4 is 11.1 Å². The van der Waals surface area contributed by atoms with E-state index in [1.807, 2.05) is 24.3 Å². The fourth-order valence-electron chi connectivity index (χ4n) is 1.80. The molecule has 0 spiro atoms. The predicted molar refractivity (Wildman–Crippen MR) is 86.9 cm³/mol. The molecule has 1 amide bonds. The van der Waals surface area contributed by atoms with E-state index in [-0.39, 0.29) is 18.3 Å². The van der Waals surface area contributed by atoms with Gasteiger partial charge in [0.05, 0.1) is 12.7 Å². The van der Waals surface area contributed by atoms with Crippen LogP contribution in [0.1, 0.15) is 18.4 Å². The second-order valence-electron chi connectivity index (χ2n) is 4.44. The maximum absolute atomic E-state index is 11.7. The van der Waals surface area contributed by atoms with E-state index in [1.54, 1.807) is 16.9 Å². The molecule has 0 bridgehead atoms. The molecule has 0 saturated heterocycles. The van der Waals surface area contributed by atoms with Crippen molar-refractivity contribution in [2.75, 3.05) is 11.9 Å². The number of hydrogen-bond donors (Lipinski definition) is 2. The third kappa shape index (κ3) is 5.38. The van der Waals surface area contributed by atoms with Gasteiger partial charge in [0, 0.05) is 17.5 Å². The van der Waals surface area contributed by atoms with Gasteiger partial charge in [0.2, 0.25) is 5.91 Å². The normalized spacial score (nSPS) is 10.0. The molecule has 2 aromatic rings. The number of nitrogens with one attached hydrogen (secondary N) is 1. The lowest BCUT2D eigenvalue weighted by Crippen LogP contribution is -2.17. The molecule has 0 aliphatic carbocycles. The molecule has 21 heavy (non-hydrogen) atoms. The van der Waals surface area contributed by atoms with Crippen LogP contribution >= 0.6 is 24.0 Å². The van der Waals surface area contributed by atoms with Crippen LogP contribution in [-0.2, 0) is 11.3 Å². The van der Waals surface area contributed by atoms with Crippen molar-refractivity contribution in [1.29, 1.82) is 0 Å². The fraction of sp³-hybridized carbons (Fsp3) is 0.286. The summed E-state index contributed by atoms with van der Waals surface area (Å²) in [6.45, 7) is 1.09. The van der Waals surface area contributed by atoms with E-state index in [1.165, 1.54) is 0 Å². The quantitative estimate of drug-likeness (QED) is 0.856. The summed E-state index contributed by atoms with van der Waals surface area (Å²) in [5.74, 6) is 0.635. The van der Waals surface area contributed by atoms with Crippen LogP contribution in [0.3, 0.4) is 0 Å². The van der Waals surface area contributed by atoms with Gasteiger partial charge in [-0.3, -0.25) is 4.79 Å². The molecule has 0 radical (unpaired) electrons. The second kappa shape index (κ2) is 8.67. The predicted octanol–water partition coefficient (Wildman–Crippen LogP) is 2.68. The van der Waals surface area contributed by atoms with E-state index in [4.69, 9.17) is 17.3 Å². The van der Waals surface area contributed by atoms with Gasteiger partial charge >= 0.3 is 0 Å². The van der Waals surface area contributed by atoms with Gasteiger partial charge < -0.3 is 11.1 Å². The molecular formula is C14H18Cl2N4O. The lowest BCUT2D eigenvalue weighted by atomic mass is 10.2. The van der Waals surface area contributed by atoms with Crippen molar-refractivity contribution in [3.05, 3.63) is 47.1 Å². The van der Waals surface area contributed by atoms with Crippen molar-refractivity contribution < 1.29 is 4.79 Å². The Labute approximate surface area is 134 Å². The van der Waals surface area contributed by atoms with Crippen LogP contribution in [0, 0.1) is 0 Å². The summed E-state index contributed by atoms with van der Waals surface area (Å²) in [6, 6.07) is 9.31. The van der Waals surface area contributed by atoms with Gasteiger partial charge in [-0.25, -0.2) is 4.68 Å². The lowest BCUT2D eigenvalue weighted by molar-refractivity contribution is -0.116. The minimum Gasteiger partial charge on any atom is -0.330 e. The topological polar surface area (TPSA) is 72.9 Å². The number of aromatic nitrogens is 2. The number of amides is 1. The highest BCUT2D eigenvalue weighted by molar-refractivity contribution is 6.30. The molecule has 114 valence electrons. The van der Waals surface area contributed by atoms with Gasteiger partial charge in [0.15, 0.2) is 0 Å². The van der Waals surface area contributed by atoms with E-state index >= 15 is 0 Å². The van der Waals surface area contributed by atoms with Gasteiger partial charge in [-0.05, 0) is 30.7 Å². The molecule has 0 saturated carbocycles. The Balaban J connectivity index is 0.00000220. The Morgan fingerprint density at radius 1 is 1.29 bits per heavy atom. The first kappa shape index (κ1) is 17.5. The Morgan fingerprint density at radius 3 is 2.67 bits per heavy atom. The molecule has 5 nitrogen and oxygen atoms in total. The Kier molecular flexibility index (Phi) is 7.22.